The van der Waals surface area contributed by atoms with Crippen molar-refractivity contribution in [3.63, 3.8) is 0 Å². The second kappa shape index (κ2) is 24.2. The predicted octanol–water partition coefficient (Wildman–Crippen LogP) is 9.27. The van der Waals surface area contributed by atoms with E-state index in [-0.39, 0.29) is 17.9 Å². The fourth-order valence-corrected chi connectivity index (χ4v) is 9.43. The maximum Gasteiger partial charge on any atom is 0.216 e. The summed E-state index contributed by atoms with van der Waals surface area (Å²) in [7, 11) is -3.83. The predicted molar refractivity (Wildman–Crippen MR) is 264 cm³/mol. The molecule has 64 heavy (non-hydrogen) atoms. The molecule has 0 aliphatic carbocycles. The van der Waals surface area contributed by atoms with Gasteiger partial charge in [-0.15, -0.1) is 0 Å². The van der Waals surface area contributed by atoms with E-state index in [4.69, 9.17) is 9.47 Å². The molecule has 356 valence electrons. The first kappa shape index (κ1) is 57.2. The first-order valence-corrected chi connectivity index (χ1v) is 26.8. The zero-order chi connectivity index (χ0) is 49.0. The molecule has 12 nitrogen and oxygen atoms in total. The summed E-state index contributed by atoms with van der Waals surface area (Å²) in [5.41, 5.74) is 1.20. The van der Waals surface area contributed by atoms with Gasteiger partial charge in [0.1, 0.15) is 34.1 Å². The van der Waals surface area contributed by atoms with Gasteiger partial charge in [-0.2, -0.15) is 4.40 Å². The Hall–Kier alpha value is -2.95. The third-order valence-electron chi connectivity index (χ3n) is 9.10. The van der Waals surface area contributed by atoms with Gasteiger partial charge in [0.05, 0.1) is 58.0 Å². The average molecular weight is 1100 g/mol. The highest BCUT2D eigenvalue weighted by atomic mass is 79.9. The number of nitrogens with one attached hydrogen (secondary N) is 1. The second-order valence-electron chi connectivity index (χ2n) is 16.8. The van der Waals surface area contributed by atoms with E-state index in [1.165, 1.54) is 46.2 Å². The van der Waals surface area contributed by atoms with Crippen molar-refractivity contribution >= 4 is 79.6 Å². The standard InChI is InChI=1S/C22H30BrFN2O4S2.C12H15BrFNOS.C10H15NO3S/c1-21(2,3)31(27)25-22(4,19-13-17(23)9-12-20(19)24)15-32(28,29)26(5)14-16-7-10-18(30-6)11-8-16;1-8(15-17(16)12(2,3)4)10-7-9(13)5-6-11(10)14;1-11(15(3,12)13)8-9-4-6-10(14-2)7-5-9/h7-13,25H,14-15H2,1-6H3;5-7H,1-4H3;4-7H,8H2,1-3H3/t22-,31+;17-;/m01./s1. The van der Waals surface area contributed by atoms with Crippen LogP contribution in [0.25, 0.3) is 0 Å². The normalized spacial score (nSPS) is 14.4. The molecule has 0 radical (unpaired) electrons. The van der Waals surface area contributed by atoms with Gasteiger partial charge in [0.15, 0.2) is 0 Å². The largest absolute Gasteiger partial charge is 0.497 e. The van der Waals surface area contributed by atoms with Crippen molar-refractivity contribution in [1.82, 2.24) is 13.3 Å². The van der Waals surface area contributed by atoms with Crippen LogP contribution in [0.2, 0.25) is 0 Å². The van der Waals surface area contributed by atoms with Gasteiger partial charge in [-0.1, -0.05) is 56.1 Å². The van der Waals surface area contributed by atoms with Gasteiger partial charge in [-0.25, -0.2) is 47.4 Å². The summed E-state index contributed by atoms with van der Waals surface area (Å²) in [4.78, 5) is 0. The summed E-state index contributed by atoms with van der Waals surface area (Å²) in [6.45, 7) is 14.5. The maximum absolute atomic E-state index is 14.8. The molecule has 0 spiro atoms. The number of nitrogens with zero attached hydrogens (tertiary/aromatic N) is 3. The van der Waals surface area contributed by atoms with E-state index < -0.39 is 68.6 Å². The van der Waals surface area contributed by atoms with Crippen LogP contribution in [0.4, 0.5) is 8.78 Å². The monoisotopic (exact) mass is 1100 g/mol. The van der Waals surface area contributed by atoms with Crippen molar-refractivity contribution in [1.29, 1.82) is 0 Å². The second-order valence-corrected chi connectivity index (χ2v) is 26.7. The van der Waals surface area contributed by atoms with Gasteiger partial charge in [0.25, 0.3) is 0 Å². The zero-order valence-corrected chi connectivity index (χ0v) is 44.9. The number of sulfonamides is 2. The van der Waals surface area contributed by atoms with E-state index in [0.29, 0.717) is 28.0 Å². The van der Waals surface area contributed by atoms with E-state index in [1.54, 1.807) is 92.3 Å². The molecule has 0 aliphatic rings. The lowest BCUT2D eigenvalue weighted by molar-refractivity contribution is 0.413. The molecule has 4 aromatic rings. The van der Waals surface area contributed by atoms with Gasteiger partial charge >= 0.3 is 0 Å². The SMILES string of the molecule is CC(=N[S@](=O)C(C)(C)C)c1cc(Br)ccc1F.COc1ccc(CN(C)S(=O)(=O)C[C@](C)(N[S@](=O)C(C)(C)C)c2cc(Br)ccc2F)cc1.COc1ccc(CN(C)S(C)(=O)=O)cc1. The van der Waals surface area contributed by atoms with Crippen molar-refractivity contribution in [2.75, 3.05) is 40.3 Å². The first-order valence-electron chi connectivity index (χ1n) is 19.5. The quantitative estimate of drug-likeness (QED) is 0.116. The van der Waals surface area contributed by atoms with Crippen LogP contribution in [0.15, 0.2) is 98.3 Å². The summed E-state index contributed by atoms with van der Waals surface area (Å²) in [6, 6.07) is 23.3. The molecule has 0 fully saturated rings. The lowest BCUT2D eigenvalue weighted by atomic mass is 9.95. The van der Waals surface area contributed by atoms with Crippen LogP contribution in [0, 0.1) is 11.6 Å². The highest BCUT2D eigenvalue weighted by Crippen LogP contribution is 2.31. The van der Waals surface area contributed by atoms with E-state index in [2.05, 4.69) is 41.0 Å². The highest BCUT2D eigenvalue weighted by molar-refractivity contribution is 9.10. The first-order chi connectivity index (χ1) is 29.3. The molecule has 0 heterocycles. The molecule has 3 atom stereocenters. The molecule has 0 saturated carbocycles. The topological polar surface area (TPSA) is 152 Å². The molecule has 0 bridgehead atoms. The average Bonchev–Trinajstić information content (AvgIpc) is 3.19. The van der Waals surface area contributed by atoms with Gasteiger partial charge in [-0.05, 0) is 127 Å². The van der Waals surface area contributed by atoms with Crippen LogP contribution in [0.5, 0.6) is 11.5 Å². The summed E-state index contributed by atoms with van der Waals surface area (Å²) in [6.07, 6.45) is 1.19. The van der Waals surface area contributed by atoms with Crippen molar-refractivity contribution in [2.45, 2.75) is 83.5 Å². The smallest absolute Gasteiger partial charge is 0.216 e. The Bertz CT molecular complexity index is 2480. The minimum Gasteiger partial charge on any atom is -0.497 e. The summed E-state index contributed by atoms with van der Waals surface area (Å²) >= 11 is 6.59. The van der Waals surface area contributed by atoms with Crippen molar-refractivity contribution < 1.29 is 43.5 Å². The number of halogens is 4. The van der Waals surface area contributed by atoms with Gasteiger partial charge in [0.2, 0.25) is 20.0 Å². The van der Waals surface area contributed by atoms with Crippen LogP contribution < -0.4 is 14.2 Å². The summed E-state index contributed by atoms with van der Waals surface area (Å²) < 4.78 is 122. The summed E-state index contributed by atoms with van der Waals surface area (Å²) in [5, 5.41) is 0. The van der Waals surface area contributed by atoms with E-state index in [0.717, 1.165) is 21.3 Å². The molecule has 4 rings (SSSR count). The number of hydrogen-bond donors (Lipinski definition) is 1. The fraction of sp³-hybridized carbons (Fsp3) is 0.432. The van der Waals surface area contributed by atoms with Crippen molar-refractivity contribution in [2.24, 2.45) is 4.40 Å². The molecular weight excluding hydrogens is 1040 g/mol. The van der Waals surface area contributed by atoms with E-state index in [1.807, 2.05) is 45.0 Å². The zero-order valence-electron chi connectivity index (χ0n) is 38.5. The van der Waals surface area contributed by atoms with E-state index >= 15 is 0 Å². The van der Waals surface area contributed by atoms with Crippen molar-refractivity contribution in [3.8, 4) is 11.5 Å². The number of ether oxygens (including phenoxy) is 2. The minimum atomic E-state index is -3.88. The van der Waals surface area contributed by atoms with Gasteiger partial charge in [0, 0.05) is 47.3 Å². The summed E-state index contributed by atoms with van der Waals surface area (Å²) in [5.74, 6) is 0.0102. The molecule has 4 aromatic carbocycles. The molecule has 0 aliphatic heterocycles. The van der Waals surface area contributed by atoms with Crippen molar-refractivity contribution in [3.05, 3.63) is 128 Å². The minimum absolute atomic E-state index is 0.117. The van der Waals surface area contributed by atoms with Crippen LogP contribution in [-0.2, 0) is 60.6 Å². The van der Waals surface area contributed by atoms with Crippen LogP contribution in [-0.4, -0.2) is 89.4 Å². The Labute approximate surface area is 401 Å². The molecule has 1 N–H and O–H groups in total. The Kier molecular flexibility index (Phi) is 21.6. The lowest BCUT2D eigenvalue weighted by Crippen LogP contribution is -2.52. The van der Waals surface area contributed by atoms with Gasteiger partial charge < -0.3 is 9.47 Å². The third-order valence-corrected chi connectivity index (χ3v) is 16.6. The molecule has 20 heteroatoms. The molecule has 0 aromatic heterocycles. The highest BCUT2D eigenvalue weighted by Gasteiger charge is 2.40. The Morgan fingerprint density at radius 2 is 1.14 bits per heavy atom. The van der Waals surface area contributed by atoms with E-state index in [9.17, 15) is 34.0 Å². The van der Waals surface area contributed by atoms with Crippen LogP contribution >= 0.6 is 31.9 Å². The lowest BCUT2D eigenvalue weighted by Gasteiger charge is -2.35. The van der Waals surface area contributed by atoms with Gasteiger partial charge in [-0.3, -0.25) is 0 Å². The number of hydrogen-bond acceptors (Lipinski definition) is 8. The number of rotatable bonds is 15. The number of methoxy groups -OCH3 is 2. The fourth-order valence-electron chi connectivity index (χ4n) is 5.19. The Balaban J connectivity index is 0.000000368. The van der Waals surface area contributed by atoms with Crippen LogP contribution in [0.3, 0.4) is 0 Å². The third kappa shape index (κ3) is 18.4. The maximum atomic E-state index is 14.8. The Morgan fingerprint density at radius 1 is 0.703 bits per heavy atom. The molecular formula is C44H60Br2F2N4O8S4. The van der Waals surface area contributed by atoms with Crippen LogP contribution in [0.1, 0.15) is 77.6 Å². The molecule has 0 amide bonds. The molecule has 0 saturated heterocycles. The number of benzene rings is 4. The Morgan fingerprint density at radius 3 is 1.56 bits per heavy atom. The molecule has 0 unspecified atom stereocenters.